The fourth-order valence-corrected chi connectivity index (χ4v) is 2.33. The van der Waals surface area contributed by atoms with Crippen LogP contribution in [0.4, 0.5) is 0 Å². The zero-order valence-electron chi connectivity index (χ0n) is 9.73. The van der Waals surface area contributed by atoms with Crippen LogP contribution in [0, 0.1) is 0 Å². The lowest BCUT2D eigenvalue weighted by Gasteiger charge is -2.16. The summed E-state index contributed by atoms with van der Waals surface area (Å²) in [6.45, 7) is 4.03. The summed E-state index contributed by atoms with van der Waals surface area (Å²) < 4.78 is 31.1. The standard InChI is InChI=1S/C11H17NO3S/c1-4-15-11-8-6-5-7-10(11)9(2)16(13,14)12-3/h5-9,12H,4H2,1-3H3. The molecule has 4 nitrogen and oxygen atoms in total. The molecule has 16 heavy (non-hydrogen) atoms. The van der Waals surface area contributed by atoms with Gasteiger partial charge >= 0.3 is 0 Å². The second-order valence-corrected chi connectivity index (χ2v) is 5.57. The molecule has 0 aromatic heterocycles. The molecule has 1 atom stereocenters. The SMILES string of the molecule is CCOc1ccccc1C(C)S(=O)(=O)NC. The van der Waals surface area contributed by atoms with Crippen LogP contribution in [-0.4, -0.2) is 22.1 Å². The van der Waals surface area contributed by atoms with Gasteiger partial charge in [-0.3, -0.25) is 0 Å². The van der Waals surface area contributed by atoms with Gasteiger partial charge in [-0.05, 0) is 27.0 Å². The van der Waals surface area contributed by atoms with Gasteiger partial charge in [0.2, 0.25) is 10.0 Å². The first-order valence-corrected chi connectivity index (χ1v) is 6.71. The lowest BCUT2D eigenvalue weighted by molar-refractivity contribution is 0.336. The molecule has 0 saturated carbocycles. The Morgan fingerprint density at radius 2 is 2.00 bits per heavy atom. The van der Waals surface area contributed by atoms with Gasteiger partial charge in [0, 0.05) is 5.56 Å². The molecule has 90 valence electrons. The van der Waals surface area contributed by atoms with Gasteiger partial charge in [-0.2, -0.15) is 0 Å². The fraction of sp³-hybridized carbons (Fsp3) is 0.455. The predicted octanol–water partition coefficient (Wildman–Crippen LogP) is 1.70. The molecule has 0 fully saturated rings. The number of benzene rings is 1. The van der Waals surface area contributed by atoms with Crippen molar-refractivity contribution >= 4 is 10.0 Å². The predicted molar refractivity (Wildman–Crippen MR) is 64.0 cm³/mol. The van der Waals surface area contributed by atoms with Crippen LogP contribution in [-0.2, 0) is 10.0 Å². The van der Waals surface area contributed by atoms with Gasteiger partial charge < -0.3 is 4.74 Å². The minimum absolute atomic E-state index is 0.517. The smallest absolute Gasteiger partial charge is 0.218 e. The van der Waals surface area contributed by atoms with Gasteiger partial charge in [-0.1, -0.05) is 18.2 Å². The Kier molecular flexibility index (Phi) is 4.32. The van der Waals surface area contributed by atoms with E-state index < -0.39 is 15.3 Å². The molecule has 1 aromatic rings. The third-order valence-corrected chi connectivity index (χ3v) is 4.16. The summed E-state index contributed by atoms with van der Waals surface area (Å²) in [5, 5.41) is -0.625. The van der Waals surface area contributed by atoms with E-state index in [2.05, 4.69) is 4.72 Å². The van der Waals surface area contributed by atoms with Gasteiger partial charge in [-0.15, -0.1) is 0 Å². The minimum Gasteiger partial charge on any atom is -0.494 e. The number of hydrogen-bond donors (Lipinski definition) is 1. The topological polar surface area (TPSA) is 55.4 Å². The lowest BCUT2D eigenvalue weighted by Crippen LogP contribution is -2.24. The van der Waals surface area contributed by atoms with Crippen LogP contribution in [0.25, 0.3) is 0 Å². The zero-order chi connectivity index (χ0) is 12.2. The van der Waals surface area contributed by atoms with Crippen molar-refractivity contribution in [2.75, 3.05) is 13.7 Å². The highest BCUT2D eigenvalue weighted by atomic mass is 32.2. The summed E-state index contributed by atoms with van der Waals surface area (Å²) in [4.78, 5) is 0. The minimum atomic E-state index is -3.32. The highest BCUT2D eigenvalue weighted by Gasteiger charge is 2.23. The quantitative estimate of drug-likeness (QED) is 0.856. The summed E-state index contributed by atoms with van der Waals surface area (Å²) in [6, 6.07) is 7.18. The Balaban J connectivity index is 3.13. The number of para-hydroxylation sites is 1. The van der Waals surface area contributed by atoms with E-state index in [-0.39, 0.29) is 0 Å². The number of rotatable bonds is 5. The maximum atomic E-state index is 11.7. The highest BCUT2D eigenvalue weighted by molar-refractivity contribution is 7.89. The first kappa shape index (κ1) is 13.0. The molecule has 0 spiro atoms. The van der Waals surface area contributed by atoms with Crippen molar-refractivity contribution in [2.45, 2.75) is 19.1 Å². The van der Waals surface area contributed by atoms with E-state index in [1.165, 1.54) is 7.05 Å². The van der Waals surface area contributed by atoms with Crippen LogP contribution >= 0.6 is 0 Å². The molecule has 0 amide bonds. The Morgan fingerprint density at radius 1 is 1.38 bits per heavy atom. The van der Waals surface area contributed by atoms with Crippen molar-refractivity contribution in [3.63, 3.8) is 0 Å². The van der Waals surface area contributed by atoms with Crippen LogP contribution in [0.15, 0.2) is 24.3 Å². The highest BCUT2D eigenvalue weighted by Crippen LogP contribution is 2.29. The molecule has 0 radical (unpaired) electrons. The summed E-state index contributed by atoms with van der Waals surface area (Å²) in [5.74, 6) is 0.622. The van der Waals surface area contributed by atoms with Crippen molar-refractivity contribution in [2.24, 2.45) is 0 Å². The normalized spacial score (nSPS) is 13.4. The summed E-state index contributed by atoms with van der Waals surface area (Å²) in [6.07, 6.45) is 0. The zero-order valence-corrected chi connectivity index (χ0v) is 10.5. The van der Waals surface area contributed by atoms with E-state index in [0.717, 1.165) is 0 Å². The Labute approximate surface area is 96.7 Å². The average molecular weight is 243 g/mol. The van der Waals surface area contributed by atoms with Crippen molar-refractivity contribution in [1.29, 1.82) is 0 Å². The number of sulfonamides is 1. The fourth-order valence-electron chi connectivity index (χ4n) is 1.45. The van der Waals surface area contributed by atoms with Crippen molar-refractivity contribution in [3.05, 3.63) is 29.8 Å². The second kappa shape index (κ2) is 5.32. The van der Waals surface area contributed by atoms with E-state index in [4.69, 9.17) is 4.74 Å². The molecule has 1 rings (SSSR count). The van der Waals surface area contributed by atoms with Gasteiger partial charge in [0.05, 0.1) is 6.61 Å². The molecule has 0 aliphatic carbocycles. The summed E-state index contributed by atoms with van der Waals surface area (Å²) in [7, 11) is -1.91. The molecule has 1 N–H and O–H groups in total. The van der Waals surface area contributed by atoms with Crippen molar-refractivity contribution in [1.82, 2.24) is 4.72 Å². The third-order valence-electron chi connectivity index (χ3n) is 2.41. The van der Waals surface area contributed by atoms with E-state index in [1.54, 1.807) is 25.1 Å². The number of hydrogen-bond acceptors (Lipinski definition) is 3. The largest absolute Gasteiger partial charge is 0.494 e. The van der Waals surface area contributed by atoms with Crippen LogP contribution in [0.3, 0.4) is 0 Å². The van der Waals surface area contributed by atoms with Crippen LogP contribution in [0.5, 0.6) is 5.75 Å². The maximum absolute atomic E-state index is 11.7. The van der Waals surface area contributed by atoms with E-state index in [1.807, 2.05) is 13.0 Å². The molecule has 0 bridgehead atoms. The van der Waals surface area contributed by atoms with Gasteiger partial charge in [-0.25, -0.2) is 13.1 Å². The molecule has 0 aliphatic rings. The average Bonchev–Trinajstić information content (AvgIpc) is 2.29. The van der Waals surface area contributed by atoms with Crippen LogP contribution < -0.4 is 9.46 Å². The van der Waals surface area contributed by atoms with Crippen molar-refractivity contribution in [3.8, 4) is 5.75 Å². The molecule has 1 unspecified atom stereocenters. The second-order valence-electron chi connectivity index (χ2n) is 3.36. The summed E-state index contributed by atoms with van der Waals surface area (Å²) >= 11 is 0. The molecular formula is C11H17NO3S. The van der Waals surface area contributed by atoms with E-state index in [0.29, 0.717) is 17.9 Å². The monoisotopic (exact) mass is 243 g/mol. The Hall–Kier alpha value is -1.07. The van der Waals surface area contributed by atoms with E-state index in [9.17, 15) is 8.42 Å². The van der Waals surface area contributed by atoms with Crippen molar-refractivity contribution < 1.29 is 13.2 Å². The Bertz CT molecular complexity index is 442. The third kappa shape index (κ3) is 2.74. The number of ether oxygens (including phenoxy) is 1. The molecule has 0 heterocycles. The molecule has 5 heteroatoms. The van der Waals surface area contributed by atoms with Gasteiger partial charge in [0.15, 0.2) is 0 Å². The molecular weight excluding hydrogens is 226 g/mol. The van der Waals surface area contributed by atoms with Crippen LogP contribution in [0.2, 0.25) is 0 Å². The molecule has 0 saturated heterocycles. The lowest BCUT2D eigenvalue weighted by atomic mass is 10.1. The van der Waals surface area contributed by atoms with E-state index >= 15 is 0 Å². The molecule has 0 aliphatic heterocycles. The van der Waals surface area contributed by atoms with Crippen LogP contribution in [0.1, 0.15) is 24.7 Å². The first-order chi connectivity index (χ1) is 7.53. The first-order valence-electron chi connectivity index (χ1n) is 5.17. The van der Waals surface area contributed by atoms with Gasteiger partial charge in [0.1, 0.15) is 11.0 Å². The number of nitrogens with one attached hydrogen (secondary N) is 1. The molecule has 1 aromatic carbocycles. The summed E-state index contributed by atoms with van der Waals surface area (Å²) in [5.41, 5.74) is 0.679. The van der Waals surface area contributed by atoms with Gasteiger partial charge in [0.25, 0.3) is 0 Å². The maximum Gasteiger partial charge on any atom is 0.218 e. The Morgan fingerprint density at radius 3 is 2.56 bits per heavy atom.